The van der Waals surface area contributed by atoms with Crippen molar-refractivity contribution in [1.29, 1.82) is 0 Å². The Balaban J connectivity index is 1.57. The van der Waals surface area contributed by atoms with Gasteiger partial charge in [-0.15, -0.1) is 0 Å². The molecule has 1 aliphatic rings. The Morgan fingerprint density at radius 3 is 2.64 bits per heavy atom. The zero-order valence-electron chi connectivity index (χ0n) is 18.2. The molecule has 0 atom stereocenters. The molecular formula is C26H22ClNO5. The average Bonchev–Trinajstić information content (AvgIpc) is 3.20. The smallest absolute Gasteiger partial charge is 0.363 e. The van der Waals surface area contributed by atoms with Crippen LogP contribution < -0.4 is 14.2 Å². The van der Waals surface area contributed by atoms with Gasteiger partial charge in [-0.1, -0.05) is 41.9 Å². The third-order valence-electron chi connectivity index (χ3n) is 4.85. The maximum Gasteiger partial charge on any atom is 0.363 e. The monoisotopic (exact) mass is 463 g/mol. The summed E-state index contributed by atoms with van der Waals surface area (Å²) < 4.78 is 22.3. The molecule has 0 unspecified atom stereocenters. The Bertz CT molecular complexity index is 1230. The molecule has 0 amide bonds. The molecule has 0 aromatic heterocycles. The Labute approximate surface area is 197 Å². The van der Waals surface area contributed by atoms with E-state index < -0.39 is 5.97 Å². The van der Waals surface area contributed by atoms with Gasteiger partial charge in [-0.25, -0.2) is 9.79 Å². The fourth-order valence-corrected chi connectivity index (χ4v) is 3.41. The molecule has 3 aromatic carbocycles. The first-order valence-electron chi connectivity index (χ1n) is 10.4. The summed E-state index contributed by atoms with van der Waals surface area (Å²) in [7, 11) is 1.57. The second-order valence-electron chi connectivity index (χ2n) is 7.09. The highest BCUT2D eigenvalue weighted by Gasteiger charge is 2.24. The predicted molar refractivity (Wildman–Crippen MR) is 127 cm³/mol. The molecule has 0 aliphatic carbocycles. The van der Waals surface area contributed by atoms with E-state index in [0.717, 1.165) is 11.1 Å². The van der Waals surface area contributed by atoms with Crippen molar-refractivity contribution in [1.82, 2.24) is 0 Å². The van der Waals surface area contributed by atoms with Crippen molar-refractivity contribution in [3.63, 3.8) is 0 Å². The van der Waals surface area contributed by atoms with Gasteiger partial charge < -0.3 is 18.9 Å². The lowest BCUT2D eigenvalue weighted by atomic mass is 10.1. The van der Waals surface area contributed by atoms with Crippen LogP contribution in [0.5, 0.6) is 17.2 Å². The standard InChI is InChI=1S/C26H22ClNO5/c1-3-31-24-14-17(11-12-23(24)32-16-19-7-4-5-10-21(19)27)13-22-26(29)33-25(28-22)18-8-6-9-20(15-18)30-2/h4-15H,3,16H2,1-2H3/b22-13+. The first-order valence-corrected chi connectivity index (χ1v) is 10.7. The highest BCUT2D eigenvalue weighted by molar-refractivity contribution is 6.31. The number of benzene rings is 3. The van der Waals surface area contributed by atoms with Crippen LogP contribution in [0.25, 0.3) is 6.08 Å². The number of carbonyl (C=O) groups excluding carboxylic acids is 1. The molecule has 0 bridgehead atoms. The molecule has 6 nitrogen and oxygen atoms in total. The number of hydrogen-bond acceptors (Lipinski definition) is 6. The fraction of sp³-hybridized carbons (Fsp3) is 0.154. The van der Waals surface area contributed by atoms with Crippen molar-refractivity contribution in [2.45, 2.75) is 13.5 Å². The van der Waals surface area contributed by atoms with Crippen LogP contribution in [-0.2, 0) is 16.1 Å². The molecule has 1 aliphatic heterocycles. The molecule has 0 radical (unpaired) electrons. The van der Waals surface area contributed by atoms with E-state index in [4.69, 9.17) is 30.5 Å². The summed E-state index contributed by atoms with van der Waals surface area (Å²) in [5.74, 6) is 1.49. The number of nitrogens with zero attached hydrogens (tertiary/aromatic N) is 1. The number of hydrogen-bond donors (Lipinski definition) is 0. The topological polar surface area (TPSA) is 66.3 Å². The van der Waals surface area contributed by atoms with Gasteiger partial charge >= 0.3 is 5.97 Å². The Morgan fingerprint density at radius 2 is 1.85 bits per heavy atom. The van der Waals surface area contributed by atoms with Gasteiger partial charge in [0.05, 0.1) is 13.7 Å². The number of aliphatic imine (C=N–C) groups is 1. The van der Waals surface area contributed by atoms with Crippen LogP contribution in [0.4, 0.5) is 0 Å². The van der Waals surface area contributed by atoms with Gasteiger partial charge in [0.2, 0.25) is 5.90 Å². The molecule has 7 heteroatoms. The first-order chi connectivity index (χ1) is 16.1. The number of carbonyl (C=O) groups is 1. The summed E-state index contributed by atoms with van der Waals surface area (Å²) >= 11 is 6.22. The molecule has 0 saturated heterocycles. The van der Waals surface area contributed by atoms with E-state index in [1.165, 1.54) is 0 Å². The van der Waals surface area contributed by atoms with Crippen LogP contribution in [0, 0.1) is 0 Å². The molecule has 3 aromatic rings. The summed E-state index contributed by atoms with van der Waals surface area (Å²) in [6, 6.07) is 20.1. The van der Waals surface area contributed by atoms with Gasteiger partial charge in [0.15, 0.2) is 17.2 Å². The third kappa shape index (κ3) is 5.35. The zero-order valence-corrected chi connectivity index (χ0v) is 19.0. The summed E-state index contributed by atoms with van der Waals surface area (Å²) in [6.07, 6.45) is 1.65. The second-order valence-corrected chi connectivity index (χ2v) is 7.49. The van der Waals surface area contributed by atoms with Crippen molar-refractivity contribution in [3.05, 3.63) is 94.1 Å². The number of cyclic esters (lactones) is 1. The number of methoxy groups -OCH3 is 1. The van der Waals surface area contributed by atoms with E-state index in [2.05, 4.69) is 4.99 Å². The Kier molecular flexibility index (Phi) is 6.95. The van der Waals surface area contributed by atoms with E-state index in [-0.39, 0.29) is 11.6 Å². The van der Waals surface area contributed by atoms with Crippen molar-refractivity contribution >= 4 is 29.5 Å². The minimum atomic E-state index is -0.523. The fourth-order valence-electron chi connectivity index (χ4n) is 3.22. The lowest BCUT2D eigenvalue weighted by Crippen LogP contribution is -2.05. The van der Waals surface area contributed by atoms with Crippen LogP contribution in [0.3, 0.4) is 0 Å². The number of halogens is 1. The van der Waals surface area contributed by atoms with Crippen molar-refractivity contribution in [2.75, 3.05) is 13.7 Å². The number of esters is 1. The summed E-state index contributed by atoms with van der Waals surface area (Å²) in [5, 5.41) is 0.640. The van der Waals surface area contributed by atoms with Crippen LogP contribution in [0.2, 0.25) is 5.02 Å². The normalized spacial score (nSPS) is 14.1. The maximum absolute atomic E-state index is 12.4. The SMILES string of the molecule is CCOc1cc(/C=C2/N=C(c3cccc(OC)c3)OC2=O)ccc1OCc1ccccc1Cl. The van der Waals surface area contributed by atoms with E-state index in [1.807, 2.05) is 49.4 Å². The van der Waals surface area contributed by atoms with Gasteiger partial charge in [0.1, 0.15) is 12.4 Å². The van der Waals surface area contributed by atoms with E-state index in [1.54, 1.807) is 37.5 Å². The maximum atomic E-state index is 12.4. The summed E-state index contributed by atoms with van der Waals surface area (Å²) in [4.78, 5) is 16.7. The highest BCUT2D eigenvalue weighted by atomic mass is 35.5. The molecule has 168 valence electrons. The largest absolute Gasteiger partial charge is 0.497 e. The Hall–Kier alpha value is -3.77. The average molecular weight is 464 g/mol. The summed E-state index contributed by atoms with van der Waals surface area (Å²) in [5.41, 5.74) is 2.46. The molecule has 0 N–H and O–H groups in total. The number of ether oxygens (including phenoxy) is 4. The second kappa shape index (κ2) is 10.2. The predicted octanol–water partition coefficient (Wildman–Crippen LogP) is 5.67. The highest BCUT2D eigenvalue weighted by Crippen LogP contribution is 2.31. The van der Waals surface area contributed by atoms with E-state index in [0.29, 0.717) is 41.0 Å². The first kappa shape index (κ1) is 22.4. The van der Waals surface area contributed by atoms with Crippen molar-refractivity contribution in [2.24, 2.45) is 4.99 Å². The molecule has 4 rings (SSSR count). The van der Waals surface area contributed by atoms with Gasteiger partial charge in [0.25, 0.3) is 0 Å². The minimum absolute atomic E-state index is 0.194. The van der Waals surface area contributed by atoms with Crippen LogP contribution in [0.1, 0.15) is 23.6 Å². The molecule has 33 heavy (non-hydrogen) atoms. The van der Waals surface area contributed by atoms with Crippen molar-refractivity contribution in [3.8, 4) is 17.2 Å². The zero-order chi connectivity index (χ0) is 23.2. The molecule has 1 heterocycles. The van der Waals surface area contributed by atoms with Crippen LogP contribution in [-0.4, -0.2) is 25.6 Å². The lowest BCUT2D eigenvalue weighted by molar-refractivity contribution is -0.129. The minimum Gasteiger partial charge on any atom is -0.497 e. The van der Waals surface area contributed by atoms with Crippen LogP contribution >= 0.6 is 11.6 Å². The third-order valence-corrected chi connectivity index (χ3v) is 5.22. The van der Waals surface area contributed by atoms with Gasteiger partial charge in [-0.3, -0.25) is 0 Å². The quantitative estimate of drug-likeness (QED) is 0.318. The van der Waals surface area contributed by atoms with Crippen LogP contribution in [0.15, 0.2) is 77.4 Å². The van der Waals surface area contributed by atoms with Crippen molar-refractivity contribution < 1.29 is 23.7 Å². The van der Waals surface area contributed by atoms with E-state index >= 15 is 0 Å². The molecule has 0 fully saturated rings. The Morgan fingerprint density at radius 1 is 1.00 bits per heavy atom. The van der Waals surface area contributed by atoms with Gasteiger partial charge in [-0.05, 0) is 55.0 Å². The van der Waals surface area contributed by atoms with E-state index in [9.17, 15) is 4.79 Å². The summed E-state index contributed by atoms with van der Waals surface area (Å²) in [6.45, 7) is 2.66. The van der Waals surface area contributed by atoms with Gasteiger partial charge in [-0.2, -0.15) is 0 Å². The number of rotatable bonds is 8. The molecule has 0 saturated carbocycles. The molecular weight excluding hydrogens is 442 g/mol. The molecule has 0 spiro atoms. The van der Waals surface area contributed by atoms with Gasteiger partial charge in [0, 0.05) is 16.1 Å². The lowest BCUT2D eigenvalue weighted by Gasteiger charge is -2.13.